The van der Waals surface area contributed by atoms with Gasteiger partial charge in [0.1, 0.15) is 0 Å². The summed E-state index contributed by atoms with van der Waals surface area (Å²) < 4.78 is 45.8. The van der Waals surface area contributed by atoms with E-state index in [0.29, 0.717) is 0 Å². The third-order valence-electron chi connectivity index (χ3n) is 1.40. The first kappa shape index (κ1) is 12.4. The van der Waals surface area contributed by atoms with Crippen molar-refractivity contribution in [3.8, 4) is 0 Å². The van der Waals surface area contributed by atoms with E-state index in [9.17, 15) is 16.8 Å². The lowest BCUT2D eigenvalue weighted by Gasteiger charge is -2.02. The maximum atomic E-state index is 11.4. The van der Waals surface area contributed by atoms with Crippen molar-refractivity contribution < 1.29 is 16.8 Å². The number of aromatic nitrogens is 2. The first-order chi connectivity index (χ1) is 6.81. The van der Waals surface area contributed by atoms with Gasteiger partial charge in [0.05, 0.1) is 11.9 Å². The van der Waals surface area contributed by atoms with E-state index in [4.69, 9.17) is 10.7 Å². The Balaban J connectivity index is 2.60. The number of halogens is 1. The highest BCUT2D eigenvalue weighted by Gasteiger charge is 2.15. The molecule has 0 unspecified atom stereocenters. The molecule has 0 fully saturated rings. The quantitative estimate of drug-likeness (QED) is 0.687. The molecule has 15 heavy (non-hydrogen) atoms. The lowest BCUT2D eigenvalue weighted by Crippen LogP contribution is -2.28. The minimum atomic E-state index is -3.73. The van der Waals surface area contributed by atoms with Crippen LogP contribution in [0, 0.1) is 0 Å². The second-order valence-corrected chi connectivity index (χ2v) is 7.19. The van der Waals surface area contributed by atoms with Crippen molar-refractivity contribution in [3.63, 3.8) is 0 Å². The predicted molar refractivity (Wildman–Crippen MR) is 53.4 cm³/mol. The van der Waals surface area contributed by atoms with Crippen LogP contribution in [-0.4, -0.2) is 39.3 Å². The number of hydrogen-bond acceptors (Lipinski definition) is 5. The Morgan fingerprint density at radius 1 is 1.40 bits per heavy atom. The van der Waals surface area contributed by atoms with E-state index in [1.54, 1.807) is 0 Å². The van der Waals surface area contributed by atoms with Gasteiger partial charge in [0.2, 0.25) is 9.05 Å². The summed E-state index contributed by atoms with van der Waals surface area (Å²) in [4.78, 5) is 0. The van der Waals surface area contributed by atoms with Crippen LogP contribution >= 0.6 is 10.7 Å². The van der Waals surface area contributed by atoms with Crippen molar-refractivity contribution in [2.24, 2.45) is 0 Å². The molecule has 0 aliphatic carbocycles. The van der Waals surface area contributed by atoms with E-state index in [1.807, 2.05) is 0 Å². The number of aromatic amines is 1. The summed E-state index contributed by atoms with van der Waals surface area (Å²) in [7, 11) is -2.52. The zero-order valence-corrected chi connectivity index (χ0v) is 9.73. The lowest BCUT2D eigenvalue weighted by molar-refractivity contribution is 0.578. The van der Waals surface area contributed by atoms with Gasteiger partial charge in [-0.2, -0.15) is 5.10 Å². The van der Waals surface area contributed by atoms with Crippen molar-refractivity contribution in [1.82, 2.24) is 14.9 Å². The van der Waals surface area contributed by atoms with Gasteiger partial charge in [0.25, 0.3) is 10.0 Å². The molecule has 0 bridgehead atoms. The lowest BCUT2D eigenvalue weighted by atomic mass is 10.8. The zero-order valence-electron chi connectivity index (χ0n) is 7.34. The van der Waals surface area contributed by atoms with Crippen molar-refractivity contribution in [3.05, 3.63) is 12.3 Å². The van der Waals surface area contributed by atoms with Crippen LogP contribution in [0.2, 0.25) is 0 Å². The third-order valence-corrected chi connectivity index (χ3v) is 3.95. The van der Waals surface area contributed by atoms with Gasteiger partial charge in [-0.1, -0.05) is 0 Å². The zero-order chi connectivity index (χ0) is 11.5. The van der Waals surface area contributed by atoms with Gasteiger partial charge in [-0.3, -0.25) is 5.10 Å². The fraction of sp³-hybridized carbons (Fsp3) is 0.400. The Bertz CT molecular complexity index is 506. The summed E-state index contributed by atoms with van der Waals surface area (Å²) in [6.45, 7) is -0.285. The van der Waals surface area contributed by atoms with E-state index < -0.39 is 24.8 Å². The van der Waals surface area contributed by atoms with E-state index in [2.05, 4.69) is 14.9 Å². The Labute approximate surface area is 91.3 Å². The fourth-order valence-corrected chi connectivity index (χ4v) is 2.41. The molecule has 1 aromatic rings. The fourth-order valence-electron chi connectivity index (χ4n) is 0.768. The molecule has 0 aliphatic rings. The van der Waals surface area contributed by atoms with Gasteiger partial charge >= 0.3 is 0 Å². The first-order valence-electron chi connectivity index (χ1n) is 3.73. The summed E-state index contributed by atoms with van der Waals surface area (Å²) in [5.41, 5.74) is 0. The largest absolute Gasteiger partial charge is 0.266 e. The minimum Gasteiger partial charge on any atom is -0.266 e. The van der Waals surface area contributed by atoms with Crippen LogP contribution < -0.4 is 4.72 Å². The summed E-state index contributed by atoms with van der Waals surface area (Å²) in [6, 6.07) is 1.25. The van der Waals surface area contributed by atoms with E-state index in [1.165, 1.54) is 12.3 Å². The summed E-state index contributed by atoms with van der Waals surface area (Å²) in [5, 5.41) is 5.57. The highest BCUT2D eigenvalue weighted by Crippen LogP contribution is 2.02. The van der Waals surface area contributed by atoms with Crippen LogP contribution in [-0.2, 0) is 19.1 Å². The van der Waals surface area contributed by atoms with Gasteiger partial charge in [0, 0.05) is 17.2 Å². The summed E-state index contributed by atoms with van der Waals surface area (Å²) in [6.07, 6.45) is 1.27. The second kappa shape index (κ2) is 4.47. The molecule has 0 radical (unpaired) electrons. The van der Waals surface area contributed by atoms with Crippen LogP contribution in [0.25, 0.3) is 0 Å². The molecular weight excluding hydrogens is 266 g/mol. The maximum absolute atomic E-state index is 11.4. The number of hydrogen-bond donors (Lipinski definition) is 2. The van der Waals surface area contributed by atoms with E-state index >= 15 is 0 Å². The molecule has 86 valence electrons. The summed E-state index contributed by atoms with van der Waals surface area (Å²) >= 11 is 0. The predicted octanol–water partition coefficient (Wildman–Crippen LogP) is -0.743. The number of H-pyrrole nitrogens is 1. The minimum absolute atomic E-state index is 0.130. The van der Waals surface area contributed by atoms with Crippen molar-refractivity contribution in [2.75, 3.05) is 12.3 Å². The van der Waals surface area contributed by atoms with E-state index in [-0.39, 0.29) is 11.6 Å². The van der Waals surface area contributed by atoms with Crippen LogP contribution in [0.15, 0.2) is 17.3 Å². The van der Waals surface area contributed by atoms with Crippen molar-refractivity contribution in [2.45, 2.75) is 5.03 Å². The van der Waals surface area contributed by atoms with Crippen LogP contribution in [0.5, 0.6) is 0 Å². The van der Waals surface area contributed by atoms with Gasteiger partial charge in [0.15, 0.2) is 5.03 Å². The van der Waals surface area contributed by atoms with Gasteiger partial charge in [-0.15, -0.1) is 0 Å². The molecule has 7 nitrogen and oxygen atoms in total. The number of nitrogens with one attached hydrogen (secondary N) is 2. The number of sulfonamides is 1. The average molecular weight is 274 g/mol. The highest BCUT2D eigenvalue weighted by atomic mass is 35.7. The Hall–Kier alpha value is -0.640. The van der Waals surface area contributed by atoms with Crippen LogP contribution in [0.3, 0.4) is 0 Å². The normalized spacial score (nSPS) is 12.9. The van der Waals surface area contributed by atoms with Crippen LogP contribution in [0.1, 0.15) is 0 Å². The monoisotopic (exact) mass is 273 g/mol. The van der Waals surface area contributed by atoms with Gasteiger partial charge in [-0.05, 0) is 6.07 Å². The molecule has 0 saturated heterocycles. The molecule has 10 heteroatoms. The van der Waals surface area contributed by atoms with E-state index in [0.717, 1.165) is 0 Å². The molecule has 1 rings (SSSR count). The van der Waals surface area contributed by atoms with Gasteiger partial charge in [-0.25, -0.2) is 21.6 Å². The Morgan fingerprint density at radius 2 is 2.07 bits per heavy atom. The molecule has 1 heterocycles. The Kier molecular flexibility index (Phi) is 3.71. The maximum Gasteiger partial charge on any atom is 0.257 e. The first-order valence-corrected chi connectivity index (χ1v) is 7.69. The molecule has 1 aromatic heterocycles. The Morgan fingerprint density at radius 3 is 2.53 bits per heavy atom. The smallest absolute Gasteiger partial charge is 0.257 e. The molecule has 0 aromatic carbocycles. The van der Waals surface area contributed by atoms with Crippen molar-refractivity contribution >= 4 is 29.8 Å². The van der Waals surface area contributed by atoms with Crippen LogP contribution in [0.4, 0.5) is 0 Å². The molecule has 0 saturated carbocycles. The molecule has 0 atom stereocenters. The average Bonchev–Trinajstić information content (AvgIpc) is 2.52. The molecule has 0 aliphatic heterocycles. The highest BCUT2D eigenvalue weighted by molar-refractivity contribution is 8.13. The number of rotatable bonds is 5. The summed E-state index contributed by atoms with van der Waals surface area (Å²) in [5.74, 6) is -0.470. The third kappa shape index (κ3) is 4.16. The van der Waals surface area contributed by atoms with Crippen molar-refractivity contribution in [1.29, 1.82) is 0 Å². The SMILES string of the molecule is O=S(=O)(Cl)CCNS(=O)(=O)c1ccn[nH]1. The molecular formula is C5H8ClN3O4S2. The molecule has 0 amide bonds. The second-order valence-electron chi connectivity index (χ2n) is 2.56. The standard InChI is InChI=1S/C5H8ClN3O4S2/c6-14(10,11)4-3-8-15(12,13)5-1-2-7-9-5/h1-2,8H,3-4H2,(H,7,9). The topological polar surface area (TPSA) is 109 Å². The van der Waals surface area contributed by atoms with Gasteiger partial charge < -0.3 is 0 Å². The molecule has 0 spiro atoms. The molecule has 2 N–H and O–H groups in total. The number of nitrogens with zero attached hydrogens (tertiary/aromatic N) is 1.